The summed E-state index contributed by atoms with van der Waals surface area (Å²) in [5, 5.41) is 0. The molecular weight excluding hydrogens is 468 g/mol. The number of nitrogens with zero attached hydrogens (tertiary/aromatic N) is 2. The average Bonchev–Trinajstić information content (AvgIpc) is 3.16. The van der Waals surface area contributed by atoms with Crippen molar-refractivity contribution in [2.24, 2.45) is 0 Å². The predicted octanol–water partition coefficient (Wildman–Crippen LogP) is 9.05. The van der Waals surface area contributed by atoms with E-state index in [-0.39, 0.29) is 0 Å². The lowest BCUT2D eigenvalue weighted by Crippen LogP contribution is -2.33. The molecule has 0 aliphatic carbocycles. The largest absolute Gasteiger partial charge is 0.302 e. The molecule has 206 valence electrons. The summed E-state index contributed by atoms with van der Waals surface area (Å²) in [4.78, 5) is 6.65. The molecule has 0 amide bonds. The number of piperidine rings is 2. The molecule has 0 N–H and O–H groups in total. The van der Waals surface area contributed by atoms with Gasteiger partial charge < -0.3 is 4.90 Å². The summed E-state index contributed by atoms with van der Waals surface area (Å²) in [5.41, 5.74) is 4.38. The van der Waals surface area contributed by atoms with Gasteiger partial charge in [0.2, 0.25) is 0 Å². The van der Waals surface area contributed by atoms with Gasteiger partial charge in [-0.05, 0) is 113 Å². The van der Waals surface area contributed by atoms with Gasteiger partial charge in [-0.1, -0.05) is 62.8 Å². The van der Waals surface area contributed by atoms with Crippen LogP contribution in [0.4, 0.5) is 0 Å². The highest BCUT2D eigenvalue weighted by Gasteiger charge is 2.27. The van der Waals surface area contributed by atoms with Crippen LogP contribution in [0.5, 0.6) is 0 Å². The second-order valence-electron chi connectivity index (χ2n) is 9.53. The molecule has 4 rings (SSSR count). The number of benzene rings is 1. The van der Waals surface area contributed by atoms with E-state index in [0.717, 1.165) is 13.0 Å². The molecule has 1 aromatic rings. The Hall–Kier alpha value is -1.73. The van der Waals surface area contributed by atoms with Crippen LogP contribution in [0.3, 0.4) is 0 Å². The zero-order valence-corrected chi connectivity index (χ0v) is 25.5. The molecule has 0 unspecified atom stereocenters. The van der Waals surface area contributed by atoms with E-state index in [9.17, 15) is 0 Å². The molecule has 0 bridgehead atoms. The number of allylic oxidation sites excluding steroid dienone is 4. The van der Waals surface area contributed by atoms with Gasteiger partial charge in [-0.25, -0.2) is 0 Å². The van der Waals surface area contributed by atoms with Crippen LogP contribution in [-0.2, 0) is 6.42 Å². The fraction of sp³-hybridized carbons (Fsp3) is 0.588. The van der Waals surface area contributed by atoms with Crippen molar-refractivity contribution in [3.63, 3.8) is 0 Å². The molecule has 0 radical (unpaired) electrons. The zero-order chi connectivity index (χ0) is 27.3. The number of aryl methyl sites for hydroxylation is 1. The first kappa shape index (κ1) is 33.3. The van der Waals surface area contributed by atoms with Gasteiger partial charge in [-0.3, -0.25) is 4.90 Å². The molecular formula is C34H54N2S. The van der Waals surface area contributed by atoms with Crippen LogP contribution < -0.4 is 0 Å². The number of hydrogen-bond donors (Lipinski definition) is 0. The van der Waals surface area contributed by atoms with E-state index >= 15 is 0 Å². The van der Waals surface area contributed by atoms with E-state index in [0.29, 0.717) is 6.04 Å². The van der Waals surface area contributed by atoms with Crippen LogP contribution in [0.1, 0.15) is 102 Å². The SMILES string of the molecule is C(#Cc1ccc2c(c1)CCCN1CCCC[C@@H]21)CCN1CCCCC1.C/C=C\C=C(/C)SC.C=C.CC. The number of likely N-dealkylation sites (tertiary alicyclic amines) is 1. The Morgan fingerprint density at radius 1 is 1.03 bits per heavy atom. The lowest BCUT2D eigenvalue weighted by atomic mass is 9.91. The van der Waals surface area contributed by atoms with Crippen molar-refractivity contribution in [2.75, 3.05) is 39.0 Å². The van der Waals surface area contributed by atoms with Gasteiger partial charge in [-0.15, -0.1) is 24.9 Å². The van der Waals surface area contributed by atoms with E-state index in [1.165, 1.54) is 88.0 Å². The molecule has 2 fully saturated rings. The van der Waals surface area contributed by atoms with Gasteiger partial charge in [0.05, 0.1) is 0 Å². The fourth-order valence-corrected chi connectivity index (χ4v) is 5.38. The first-order chi connectivity index (χ1) is 18.2. The molecule has 2 saturated heterocycles. The summed E-state index contributed by atoms with van der Waals surface area (Å²) in [6.07, 6.45) is 20.1. The summed E-state index contributed by atoms with van der Waals surface area (Å²) in [5.74, 6) is 6.86. The summed E-state index contributed by atoms with van der Waals surface area (Å²) < 4.78 is 0. The highest BCUT2D eigenvalue weighted by Crippen LogP contribution is 2.36. The highest BCUT2D eigenvalue weighted by atomic mass is 32.2. The van der Waals surface area contributed by atoms with Crippen molar-refractivity contribution < 1.29 is 0 Å². The minimum Gasteiger partial charge on any atom is -0.302 e. The summed E-state index contributed by atoms with van der Waals surface area (Å²) in [7, 11) is 0. The van der Waals surface area contributed by atoms with Gasteiger partial charge in [0.15, 0.2) is 0 Å². The Morgan fingerprint density at radius 2 is 1.73 bits per heavy atom. The second-order valence-corrected chi connectivity index (χ2v) is 10.6. The second kappa shape index (κ2) is 21.2. The number of hydrogen-bond acceptors (Lipinski definition) is 3. The molecule has 2 nitrogen and oxygen atoms in total. The van der Waals surface area contributed by atoms with Crippen LogP contribution >= 0.6 is 11.8 Å². The van der Waals surface area contributed by atoms with Crippen LogP contribution in [0.25, 0.3) is 0 Å². The van der Waals surface area contributed by atoms with Crippen molar-refractivity contribution in [1.82, 2.24) is 9.80 Å². The van der Waals surface area contributed by atoms with Gasteiger partial charge >= 0.3 is 0 Å². The lowest BCUT2D eigenvalue weighted by Gasteiger charge is -2.35. The Morgan fingerprint density at radius 3 is 2.43 bits per heavy atom. The number of fused-ring (bicyclic) bond motifs is 3. The fourth-order valence-electron chi connectivity index (χ4n) is 5.17. The van der Waals surface area contributed by atoms with E-state index in [4.69, 9.17) is 0 Å². The topological polar surface area (TPSA) is 6.48 Å². The third-order valence-corrected chi connectivity index (χ3v) is 7.87. The van der Waals surface area contributed by atoms with Crippen molar-refractivity contribution >= 4 is 11.8 Å². The van der Waals surface area contributed by atoms with Gasteiger partial charge in [-0.2, -0.15) is 0 Å². The monoisotopic (exact) mass is 522 g/mol. The molecule has 37 heavy (non-hydrogen) atoms. The number of rotatable bonds is 4. The maximum Gasteiger partial charge on any atom is 0.0350 e. The Kier molecular flexibility index (Phi) is 19.1. The van der Waals surface area contributed by atoms with Crippen LogP contribution in [0.2, 0.25) is 0 Å². The maximum absolute atomic E-state index is 3.44. The molecule has 3 aliphatic rings. The average molecular weight is 523 g/mol. The third-order valence-electron chi connectivity index (χ3n) is 7.09. The quantitative estimate of drug-likeness (QED) is 0.221. The first-order valence-corrected chi connectivity index (χ1v) is 15.9. The summed E-state index contributed by atoms with van der Waals surface area (Å²) >= 11 is 1.77. The van der Waals surface area contributed by atoms with Gasteiger partial charge in [0.25, 0.3) is 0 Å². The Bertz CT molecular complexity index is 854. The zero-order valence-electron chi connectivity index (χ0n) is 24.7. The van der Waals surface area contributed by atoms with Crippen molar-refractivity contribution in [2.45, 2.75) is 91.5 Å². The molecule has 0 aromatic heterocycles. The molecule has 1 aromatic carbocycles. The predicted molar refractivity (Wildman–Crippen MR) is 169 cm³/mol. The lowest BCUT2D eigenvalue weighted by molar-refractivity contribution is 0.152. The third kappa shape index (κ3) is 12.6. The van der Waals surface area contributed by atoms with Crippen LogP contribution in [-0.4, -0.2) is 48.8 Å². The van der Waals surface area contributed by atoms with Crippen LogP contribution in [0.15, 0.2) is 54.5 Å². The molecule has 1 atom stereocenters. The molecule has 3 aliphatic heterocycles. The van der Waals surface area contributed by atoms with Crippen molar-refractivity contribution in [1.29, 1.82) is 0 Å². The van der Waals surface area contributed by atoms with Crippen molar-refractivity contribution in [3.8, 4) is 11.8 Å². The van der Waals surface area contributed by atoms with Gasteiger partial charge in [0, 0.05) is 24.6 Å². The highest BCUT2D eigenvalue weighted by molar-refractivity contribution is 8.02. The standard InChI is InChI=1S/C23H32N2.C7H12S.C2H6.C2H4/c1-4-14-24(15-5-1)16-6-2-9-20-12-13-22-21(19-20)10-8-18-25-17-7-3-11-23(22)25;1-4-5-6-7(2)8-3;2*1-2/h12-13,19,23H,1,3-8,10-11,14-18H2;4-6H,1-3H3;1-2H3;1-2H2/b;5-4-,7-6+;;/t23-;;;/m0.../s1. The summed E-state index contributed by atoms with van der Waals surface area (Å²) in [6.45, 7) is 20.4. The molecule has 0 spiro atoms. The van der Waals surface area contributed by atoms with Crippen molar-refractivity contribution in [3.05, 3.63) is 71.2 Å². The van der Waals surface area contributed by atoms with E-state index in [2.05, 4.69) is 72.3 Å². The maximum atomic E-state index is 3.44. The minimum atomic E-state index is 0.673. The Balaban J connectivity index is 0.000000487. The molecule has 3 heterocycles. The number of thioether (sulfide) groups is 1. The summed E-state index contributed by atoms with van der Waals surface area (Å²) in [6, 6.07) is 7.72. The van der Waals surface area contributed by atoms with Gasteiger partial charge in [0.1, 0.15) is 0 Å². The molecule has 0 saturated carbocycles. The Labute approximate surface area is 234 Å². The van der Waals surface area contributed by atoms with Crippen LogP contribution in [0, 0.1) is 11.8 Å². The minimum absolute atomic E-state index is 0.673. The van der Waals surface area contributed by atoms with E-state index in [1.807, 2.05) is 32.9 Å². The molecule has 3 heteroatoms. The first-order valence-electron chi connectivity index (χ1n) is 14.6. The van der Waals surface area contributed by atoms with E-state index < -0.39 is 0 Å². The smallest absolute Gasteiger partial charge is 0.0350 e. The normalized spacial score (nSPS) is 19.7. The van der Waals surface area contributed by atoms with E-state index in [1.54, 1.807) is 22.9 Å².